The fourth-order valence-electron chi connectivity index (χ4n) is 1.43. The lowest BCUT2D eigenvalue weighted by molar-refractivity contribution is 0.530. The van der Waals surface area contributed by atoms with Crippen LogP contribution in [0.1, 0.15) is 5.76 Å². The zero-order chi connectivity index (χ0) is 11.9. The quantitative estimate of drug-likeness (QED) is 0.791. The summed E-state index contributed by atoms with van der Waals surface area (Å²) in [6.45, 7) is 0.742. The second-order valence-corrected chi connectivity index (χ2v) is 4.64. The van der Waals surface area contributed by atoms with Crippen molar-refractivity contribution in [2.24, 2.45) is 0 Å². The van der Waals surface area contributed by atoms with Crippen LogP contribution in [0.3, 0.4) is 0 Å². The minimum absolute atomic E-state index is 0.205. The third kappa shape index (κ3) is 3.82. The smallest absolute Gasteiger partial charge is 0.146 e. The van der Waals surface area contributed by atoms with Crippen LogP contribution in [0.15, 0.2) is 47.1 Å². The van der Waals surface area contributed by atoms with Gasteiger partial charge in [0.25, 0.3) is 0 Å². The van der Waals surface area contributed by atoms with Gasteiger partial charge in [-0.25, -0.2) is 4.39 Å². The molecule has 1 aromatic carbocycles. The second-order valence-electron chi connectivity index (χ2n) is 3.54. The number of hydrogen-bond acceptors (Lipinski definition) is 3. The SMILES string of the molecule is Fc1ccccc1NCCSCc1ccco1. The molecular weight excluding hydrogens is 237 g/mol. The largest absolute Gasteiger partial charge is 0.468 e. The molecule has 0 spiro atoms. The Hall–Kier alpha value is -1.42. The van der Waals surface area contributed by atoms with Crippen LogP contribution in [0.4, 0.5) is 10.1 Å². The van der Waals surface area contributed by atoms with Crippen LogP contribution in [-0.4, -0.2) is 12.3 Å². The van der Waals surface area contributed by atoms with Crippen LogP contribution in [0.2, 0.25) is 0 Å². The molecule has 0 radical (unpaired) electrons. The lowest BCUT2D eigenvalue weighted by Gasteiger charge is -2.06. The van der Waals surface area contributed by atoms with Gasteiger partial charge in [0.1, 0.15) is 11.6 Å². The topological polar surface area (TPSA) is 25.2 Å². The molecule has 2 rings (SSSR count). The minimum atomic E-state index is -0.205. The van der Waals surface area contributed by atoms with Crippen LogP contribution < -0.4 is 5.32 Å². The Morgan fingerprint density at radius 1 is 1.18 bits per heavy atom. The van der Waals surface area contributed by atoms with Crippen LogP contribution in [0.25, 0.3) is 0 Å². The highest BCUT2D eigenvalue weighted by atomic mass is 32.2. The van der Waals surface area contributed by atoms with E-state index in [4.69, 9.17) is 4.42 Å². The molecule has 1 N–H and O–H groups in total. The summed E-state index contributed by atoms with van der Waals surface area (Å²) in [6.07, 6.45) is 1.67. The summed E-state index contributed by atoms with van der Waals surface area (Å²) in [5, 5.41) is 3.07. The average Bonchev–Trinajstić information content (AvgIpc) is 2.84. The minimum Gasteiger partial charge on any atom is -0.468 e. The number of benzene rings is 1. The Labute approximate surface area is 104 Å². The normalized spacial score (nSPS) is 10.4. The van der Waals surface area contributed by atoms with Crippen molar-refractivity contribution in [3.8, 4) is 0 Å². The molecule has 2 aromatic rings. The van der Waals surface area contributed by atoms with Crippen LogP contribution in [0, 0.1) is 5.82 Å². The summed E-state index contributed by atoms with van der Waals surface area (Å²) in [5.74, 6) is 2.53. The molecule has 90 valence electrons. The summed E-state index contributed by atoms with van der Waals surface area (Å²) >= 11 is 1.76. The van der Waals surface area contributed by atoms with E-state index in [-0.39, 0.29) is 5.82 Å². The number of hydrogen-bond donors (Lipinski definition) is 1. The maximum absolute atomic E-state index is 13.2. The highest BCUT2D eigenvalue weighted by Gasteiger charge is 1.99. The molecule has 0 aliphatic carbocycles. The van der Waals surface area contributed by atoms with E-state index in [1.54, 1.807) is 30.2 Å². The highest BCUT2D eigenvalue weighted by molar-refractivity contribution is 7.98. The van der Waals surface area contributed by atoms with Crippen molar-refractivity contribution in [3.05, 3.63) is 54.2 Å². The Balaban J connectivity index is 1.65. The van der Waals surface area contributed by atoms with E-state index in [9.17, 15) is 4.39 Å². The van der Waals surface area contributed by atoms with Gasteiger partial charge in [0.05, 0.1) is 17.7 Å². The van der Waals surface area contributed by atoms with E-state index in [1.165, 1.54) is 6.07 Å². The maximum atomic E-state index is 13.2. The molecule has 1 aromatic heterocycles. The molecule has 2 nitrogen and oxygen atoms in total. The number of furan rings is 1. The lowest BCUT2D eigenvalue weighted by atomic mass is 10.3. The molecule has 17 heavy (non-hydrogen) atoms. The standard InChI is InChI=1S/C13H14FNOS/c14-12-5-1-2-6-13(12)15-7-9-17-10-11-4-3-8-16-11/h1-6,8,15H,7,9-10H2. The van der Waals surface area contributed by atoms with E-state index in [0.29, 0.717) is 5.69 Å². The van der Waals surface area contributed by atoms with Gasteiger partial charge in [-0.1, -0.05) is 12.1 Å². The maximum Gasteiger partial charge on any atom is 0.146 e. The molecule has 0 saturated heterocycles. The van der Waals surface area contributed by atoms with Crippen molar-refractivity contribution < 1.29 is 8.81 Å². The molecule has 0 amide bonds. The fraction of sp³-hybridized carbons (Fsp3) is 0.231. The van der Waals surface area contributed by atoms with E-state index in [2.05, 4.69) is 5.32 Å². The molecule has 0 fully saturated rings. The molecule has 1 heterocycles. The third-order valence-electron chi connectivity index (χ3n) is 2.26. The summed E-state index contributed by atoms with van der Waals surface area (Å²) < 4.78 is 18.5. The van der Waals surface area contributed by atoms with E-state index in [0.717, 1.165) is 23.8 Å². The lowest BCUT2D eigenvalue weighted by Crippen LogP contribution is -2.05. The Kier molecular flexibility index (Phi) is 4.50. The summed E-state index contributed by atoms with van der Waals surface area (Å²) in [7, 11) is 0. The van der Waals surface area contributed by atoms with Gasteiger partial charge in [0.2, 0.25) is 0 Å². The number of nitrogens with one attached hydrogen (secondary N) is 1. The van der Waals surface area contributed by atoms with Crippen molar-refractivity contribution in [1.29, 1.82) is 0 Å². The monoisotopic (exact) mass is 251 g/mol. The van der Waals surface area contributed by atoms with Crippen molar-refractivity contribution in [2.45, 2.75) is 5.75 Å². The third-order valence-corrected chi connectivity index (χ3v) is 3.24. The molecule has 0 aliphatic rings. The van der Waals surface area contributed by atoms with Gasteiger partial charge >= 0.3 is 0 Å². The van der Waals surface area contributed by atoms with Gasteiger partial charge in [0, 0.05) is 12.3 Å². The Bertz CT molecular complexity index is 444. The molecule has 0 bridgehead atoms. The van der Waals surface area contributed by atoms with Gasteiger partial charge in [-0.2, -0.15) is 11.8 Å². The molecule has 0 unspecified atom stereocenters. The number of rotatable bonds is 6. The molecule has 0 aliphatic heterocycles. The Morgan fingerprint density at radius 3 is 2.82 bits per heavy atom. The Morgan fingerprint density at radius 2 is 2.06 bits per heavy atom. The summed E-state index contributed by atoms with van der Waals surface area (Å²) in [4.78, 5) is 0. The summed E-state index contributed by atoms with van der Waals surface area (Å²) in [5.41, 5.74) is 0.561. The molecule has 4 heteroatoms. The molecule has 0 atom stereocenters. The number of thioether (sulfide) groups is 1. The molecule has 0 saturated carbocycles. The fourth-order valence-corrected chi connectivity index (χ4v) is 2.19. The van der Waals surface area contributed by atoms with Crippen molar-refractivity contribution in [1.82, 2.24) is 0 Å². The summed E-state index contributed by atoms with van der Waals surface area (Å²) in [6, 6.07) is 10.5. The predicted molar refractivity (Wildman–Crippen MR) is 69.8 cm³/mol. The van der Waals surface area contributed by atoms with Crippen LogP contribution >= 0.6 is 11.8 Å². The first-order chi connectivity index (χ1) is 8.36. The first-order valence-electron chi connectivity index (χ1n) is 5.45. The van der Waals surface area contributed by atoms with Gasteiger partial charge in [-0.05, 0) is 24.3 Å². The van der Waals surface area contributed by atoms with Gasteiger partial charge < -0.3 is 9.73 Å². The number of halogens is 1. The van der Waals surface area contributed by atoms with Gasteiger partial charge in [0.15, 0.2) is 0 Å². The van der Waals surface area contributed by atoms with Crippen molar-refractivity contribution in [2.75, 3.05) is 17.6 Å². The van der Waals surface area contributed by atoms with E-state index >= 15 is 0 Å². The van der Waals surface area contributed by atoms with E-state index in [1.807, 2.05) is 18.2 Å². The predicted octanol–water partition coefficient (Wildman–Crippen LogP) is 3.76. The van der Waals surface area contributed by atoms with Crippen molar-refractivity contribution in [3.63, 3.8) is 0 Å². The zero-order valence-electron chi connectivity index (χ0n) is 9.36. The van der Waals surface area contributed by atoms with E-state index < -0.39 is 0 Å². The van der Waals surface area contributed by atoms with Crippen molar-refractivity contribution >= 4 is 17.4 Å². The zero-order valence-corrected chi connectivity index (χ0v) is 10.2. The van der Waals surface area contributed by atoms with Gasteiger partial charge in [-0.3, -0.25) is 0 Å². The molecular formula is C13H14FNOS. The van der Waals surface area contributed by atoms with Crippen LogP contribution in [0.5, 0.6) is 0 Å². The second kappa shape index (κ2) is 6.35. The first-order valence-corrected chi connectivity index (χ1v) is 6.60. The first kappa shape index (κ1) is 12.0. The number of para-hydroxylation sites is 1. The van der Waals surface area contributed by atoms with Crippen LogP contribution in [-0.2, 0) is 5.75 Å². The van der Waals surface area contributed by atoms with Gasteiger partial charge in [-0.15, -0.1) is 0 Å². The average molecular weight is 251 g/mol. The highest BCUT2D eigenvalue weighted by Crippen LogP contribution is 2.14. The number of anilines is 1.